The Bertz CT molecular complexity index is 712. The number of ether oxygens (including phenoxy) is 1. The van der Waals surface area contributed by atoms with Crippen LogP contribution in [0.15, 0.2) is 29.6 Å². The van der Waals surface area contributed by atoms with Crippen molar-refractivity contribution in [2.45, 2.75) is 13.5 Å². The van der Waals surface area contributed by atoms with Crippen LogP contribution in [-0.4, -0.2) is 16.6 Å². The van der Waals surface area contributed by atoms with E-state index in [-0.39, 0.29) is 24.7 Å². The molecule has 0 saturated heterocycles. The number of nitro benzene ring substituents is 1. The standard InChI is InChI=1S/C15H13NO4S/c1-11-4-5-14(13(9-11)16(18)19)20-10-15-12(3-2-7-17)6-8-21-15/h4-6,8-9,17H,7,10H2,1H3. The molecule has 1 heterocycles. The molecule has 2 aromatic rings. The van der Waals surface area contributed by atoms with E-state index in [2.05, 4.69) is 11.8 Å². The van der Waals surface area contributed by atoms with Crippen LogP contribution in [0.2, 0.25) is 0 Å². The molecule has 0 atom stereocenters. The molecule has 0 spiro atoms. The highest BCUT2D eigenvalue weighted by molar-refractivity contribution is 7.10. The second-order valence-corrected chi connectivity index (χ2v) is 5.23. The lowest BCUT2D eigenvalue weighted by atomic mass is 10.2. The summed E-state index contributed by atoms with van der Waals surface area (Å²) < 4.78 is 5.56. The van der Waals surface area contributed by atoms with Crippen LogP contribution in [0.25, 0.3) is 0 Å². The predicted octanol–water partition coefficient (Wildman–Crippen LogP) is 2.89. The number of benzene rings is 1. The highest BCUT2D eigenvalue weighted by Crippen LogP contribution is 2.29. The van der Waals surface area contributed by atoms with Crippen molar-refractivity contribution >= 4 is 17.0 Å². The summed E-state index contributed by atoms with van der Waals surface area (Å²) in [6, 6.07) is 6.68. The van der Waals surface area contributed by atoms with E-state index in [4.69, 9.17) is 9.84 Å². The number of hydrogen-bond donors (Lipinski definition) is 1. The van der Waals surface area contributed by atoms with Gasteiger partial charge in [0.2, 0.25) is 0 Å². The smallest absolute Gasteiger partial charge is 0.311 e. The first-order valence-electron chi connectivity index (χ1n) is 6.15. The molecule has 1 aromatic heterocycles. The van der Waals surface area contributed by atoms with Gasteiger partial charge in [0.25, 0.3) is 0 Å². The summed E-state index contributed by atoms with van der Waals surface area (Å²) in [5.74, 6) is 5.63. The molecule has 6 heteroatoms. The Morgan fingerprint density at radius 1 is 1.43 bits per heavy atom. The molecule has 1 N–H and O–H groups in total. The van der Waals surface area contributed by atoms with Crippen LogP contribution in [0.4, 0.5) is 5.69 Å². The zero-order valence-corrected chi connectivity index (χ0v) is 12.1. The number of nitro groups is 1. The molecule has 0 radical (unpaired) electrons. The molecule has 0 bridgehead atoms. The summed E-state index contributed by atoms with van der Waals surface area (Å²) in [5.41, 5.74) is 1.53. The van der Waals surface area contributed by atoms with Gasteiger partial charge in [0.15, 0.2) is 5.75 Å². The topological polar surface area (TPSA) is 72.6 Å². The van der Waals surface area contributed by atoms with E-state index in [0.717, 1.165) is 16.0 Å². The van der Waals surface area contributed by atoms with E-state index < -0.39 is 4.92 Å². The summed E-state index contributed by atoms with van der Waals surface area (Å²) in [6.45, 7) is 1.79. The SMILES string of the molecule is Cc1ccc(OCc2sccc2C#CCO)c([N+](=O)[O-])c1. The number of aliphatic hydroxyl groups is 1. The van der Waals surface area contributed by atoms with Crippen molar-refractivity contribution in [1.82, 2.24) is 0 Å². The van der Waals surface area contributed by atoms with Crippen molar-refractivity contribution in [1.29, 1.82) is 0 Å². The lowest BCUT2D eigenvalue weighted by Gasteiger charge is -2.06. The fraction of sp³-hybridized carbons (Fsp3) is 0.200. The molecule has 21 heavy (non-hydrogen) atoms. The third-order valence-electron chi connectivity index (χ3n) is 2.72. The van der Waals surface area contributed by atoms with Gasteiger partial charge in [-0.3, -0.25) is 10.1 Å². The number of nitrogens with zero attached hydrogens (tertiary/aromatic N) is 1. The quantitative estimate of drug-likeness (QED) is 0.535. The molecule has 0 aliphatic heterocycles. The van der Waals surface area contributed by atoms with Crippen LogP contribution in [0, 0.1) is 28.9 Å². The molecular weight excluding hydrogens is 290 g/mol. The van der Waals surface area contributed by atoms with Gasteiger partial charge >= 0.3 is 5.69 Å². The van der Waals surface area contributed by atoms with E-state index in [1.165, 1.54) is 17.4 Å². The fourth-order valence-corrected chi connectivity index (χ4v) is 2.48. The Balaban J connectivity index is 2.17. The van der Waals surface area contributed by atoms with Crippen LogP contribution in [0.5, 0.6) is 5.75 Å². The van der Waals surface area contributed by atoms with Crippen LogP contribution in [0.3, 0.4) is 0 Å². The Morgan fingerprint density at radius 3 is 2.95 bits per heavy atom. The summed E-state index contributed by atoms with van der Waals surface area (Å²) in [5, 5.41) is 21.6. The van der Waals surface area contributed by atoms with Gasteiger partial charge in [0, 0.05) is 11.6 Å². The lowest BCUT2D eigenvalue weighted by Crippen LogP contribution is -1.99. The van der Waals surface area contributed by atoms with E-state index in [0.29, 0.717) is 0 Å². The first kappa shape index (κ1) is 15.0. The van der Waals surface area contributed by atoms with E-state index in [1.807, 2.05) is 11.4 Å². The monoisotopic (exact) mass is 303 g/mol. The number of hydrogen-bond acceptors (Lipinski definition) is 5. The van der Waals surface area contributed by atoms with Gasteiger partial charge in [-0.05, 0) is 30.0 Å². The maximum atomic E-state index is 11.0. The largest absolute Gasteiger partial charge is 0.481 e. The average molecular weight is 303 g/mol. The summed E-state index contributed by atoms with van der Waals surface area (Å²) in [7, 11) is 0. The molecule has 1 aromatic carbocycles. The highest BCUT2D eigenvalue weighted by Gasteiger charge is 2.15. The summed E-state index contributed by atoms with van der Waals surface area (Å²) in [6.07, 6.45) is 0. The Hall–Kier alpha value is -2.36. The maximum absolute atomic E-state index is 11.0. The van der Waals surface area contributed by atoms with Crippen LogP contribution >= 0.6 is 11.3 Å². The van der Waals surface area contributed by atoms with Crippen LogP contribution in [-0.2, 0) is 6.61 Å². The van der Waals surface area contributed by atoms with Crippen molar-refractivity contribution in [3.8, 4) is 17.6 Å². The highest BCUT2D eigenvalue weighted by atomic mass is 32.1. The molecule has 2 rings (SSSR count). The van der Waals surface area contributed by atoms with Gasteiger partial charge in [-0.25, -0.2) is 0 Å². The molecule has 0 aliphatic rings. The van der Waals surface area contributed by atoms with E-state index >= 15 is 0 Å². The van der Waals surface area contributed by atoms with Crippen molar-refractivity contribution in [3.05, 3.63) is 55.8 Å². The first-order chi connectivity index (χ1) is 10.1. The first-order valence-corrected chi connectivity index (χ1v) is 7.03. The van der Waals surface area contributed by atoms with Gasteiger partial charge in [-0.15, -0.1) is 11.3 Å². The molecule has 0 amide bonds. The van der Waals surface area contributed by atoms with Crippen LogP contribution < -0.4 is 4.74 Å². The lowest BCUT2D eigenvalue weighted by molar-refractivity contribution is -0.386. The Labute approximate surface area is 126 Å². The van der Waals surface area contributed by atoms with Gasteiger partial charge in [0.1, 0.15) is 13.2 Å². The van der Waals surface area contributed by atoms with Gasteiger partial charge in [0.05, 0.1) is 9.80 Å². The second kappa shape index (κ2) is 6.88. The van der Waals surface area contributed by atoms with Gasteiger partial charge in [-0.2, -0.15) is 0 Å². The number of aliphatic hydroxyl groups excluding tert-OH is 1. The molecule has 0 saturated carbocycles. The van der Waals surface area contributed by atoms with Crippen molar-refractivity contribution in [3.63, 3.8) is 0 Å². The van der Waals surface area contributed by atoms with Crippen molar-refractivity contribution in [2.24, 2.45) is 0 Å². The molecule has 5 nitrogen and oxygen atoms in total. The van der Waals surface area contributed by atoms with E-state index in [1.54, 1.807) is 19.1 Å². The summed E-state index contributed by atoms with van der Waals surface area (Å²) in [4.78, 5) is 11.4. The van der Waals surface area contributed by atoms with Crippen molar-refractivity contribution < 1.29 is 14.8 Å². The fourth-order valence-electron chi connectivity index (χ4n) is 1.73. The number of rotatable bonds is 4. The van der Waals surface area contributed by atoms with Gasteiger partial charge < -0.3 is 9.84 Å². The molecule has 0 unspecified atom stereocenters. The zero-order valence-electron chi connectivity index (χ0n) is 11.3. The third-order valence-corrected chi connectivity index (χ3v) is 3.61. The van der Waals surface area contributed by atoms with Gasteiger partial charge in [-0.1, -0.05) is 17.9 Å². The van der Waals surface area contributed by atoms with E-state index in [9.17, 15) is 10.1 Å². The summed E-state index contributed by atoms with van der Waals surface area (Å²) >= 11 is 1.46. The zero-order chi connectivity index (χ0) is 15.2. The number of thiophene rings is 1. The minimum atomic E-state index is -0.455. The maximum Gasteiger partial charge on any atom is 0.311 e. The second-order valence-electron chi connectivity index (χ2n) is 4.23. The van der Waals surface area contributed by atoms with Crippen molar-refractivity contribution in [2.75, 3.05) is 6.61 Å². The molecule has 108 valence electrons. The minimum Gasteiger partial charge on any atom is -0.481 e. The normalized spacial score (nSPS) is 9.81. The Morgan fingerprint density at radius 2 is 2.24 bits per heavy atom. The molecular formula is C15H13NO4S. The minimum absolute atomic E-state index is 0.0467. The molecule has 0 fully saturated rings. The molecule has 0 aliphatic carbocycles. The Kier molecular flexibility index (Phi) is 4.93. The van der Waals surface area contributed by atoms with Crippen LogP contribution in [0.1, 0.15) is 16.0 Å². The third kappa shape index (κ3) is 3.81. The number of aryl methyl sites for hydroxylation is 1. The average Bonchev–Trinajstić information content (AvgIpc) is 2.91. The predicted molar refractivity (Wildman–Crippen MR) is 80.4 cm³/mol.